The molecule has 5 heteroatoms. The summed E-state index contributed by atoms with van der Waals surface area (Å²) in [6, 6.07) is 11.0. The van der Waals surface area contributed by atoms with Crippen molar-refractivity contribution in [3.63, 3.8) is 0 Å². The normalized spacial score (nSPS) is 12.0. The topological polar surface area (TPSA) is 71.3 Å². The molecule has 2 aromatic rings. The lowest BCUT2D eigenvalue weighted by Crippen LogP contribution is -2.46. The van der Waals surface area contributed by atoms with Gasteiger partial charge in [-0.3, -0.25) is 9.59 Å². The highest BCUT2D eigenvalue weighted by atomic mass is 16.3. The van der Waals surface area contributed by atoms with Crippen molar-refractivity contribution in [3.8, 4) is 11.3 Å². The minimum Gasteiger partial charge on any atom is -0.464 e. The average Bonchev–Trinajstić information content (AvgIpc) is 3.05. The predicted octanol–water partition coefficient (Wildman–Crippen LogP) is 3.11. The number of nitrogens with one attached hydrogen (secondary N) is 2. The molecule has 1 heterocycles. The van der Waals surface area contributed by atoms with Crippen molar-refractivity contribution < 1.29 is 14.0 Å². The monoisotopic (exact) mass is 328 g/mol. The fraction of sp³-hybridized carbons (Fsp3) is 0.368. The van der Waals surface area contributed by atoms with E-state index in [1.54, 1.807) is 6.26 Å². The number of furan rings is 1. The largest absolute Gasteiger partial charge is 0.464 e. The molecule has 0 saturated carbocycles. The van der Waals surface area contributed by atoms with E-state index in [4.69, 9.17) is 4.42 Å². The Kier molecular flexibility index (Phi) is 6.18. The molecule has 0 unspecified atom stereocenters. The van der Waals surface area contributed by atoms with E-state index < -0.39 is 6.04 Å². The first-order valence-electron chi connectivity index (χ1n) is 8.14. The van der Waals surface area contributed by atoms with Crippen LogP contribution in [0.1, 0.15) is 32.8 Å². The SMILES string of the molecule is CC(=O)N[C@H](CC(C)C)C(=O)NCc1ccccc1-c1ccco1. The van der Waals surface area contributed by atoms with Crippen LogP contribution in [-0.2, 0) is 16.1 Å². The lowest BCUT2D eigenvalue weighted by Gasteiger charge is -2.19. The van der Waals surface area contributed by atoms with Gasteiger partial charge >= 0.3 is 0 Å². The summed E-state index contributed by atoms with van der Waals surface area (Å²) in [6.45, 7) is 5.85. The fourth-order valence-electron chi connectivity index (χ4n) is 2.60. The Labute approximate surface area is 142 Å². The van der Waals surface area contributed by atoms with Crippen LogP contribution in [0.15, 0.2) is 47.1 Å². The third-order valence-electron chi connectivity index (χ3n) is 3.66. The molecular formula is C19H24N2O3. The molecule has 1 atom stereocenters. The van der Waals surface area contributed by atoms with Gasteiger partial charge in [0.05, 0.1) is 6.26 Å². The van der Waals surface area contributed by atoms with Gasteiger partial charge in [0.15, 0.2) is 0 Å². The summed E-state index contributed by atoms with van der Waals surface area (Å²) in [4.78, 5) is 23.8. The van der Waals surface area contributed by atoms with Crippen LogP contribution < -0.4 is 10.6 Å². The smallest absolute Gasteiger partial charge is 0.242 e. The van der Waals surface area contributed by atoms with Gasteiger partial charge in [-0.1, -0.05) is 38.1 Å². The molecule has 0 spiro atoms. The summed E-state index contributed by atoms with van der Waals surface area (Å²) in [5, 5.41) is 5.64. The molecule has 0 aliphatic heterocycles. The number of hydrogen-bond donors (Lipinski definition) is 2. The van der Waals surface area contributed by atoms with Crippen LogP contribution in [0, 0.1) is 5.92 Å². The molecule has 1 aromatic heterocycles. The third-order valence-corrected chi connectivity index (χ3v) is 3.66. The van der Waals surface area contributed by atoms with Crippen molar-refractivity contribution in [2.75, 3.05) is 0 Å². The van der Waals surface area contributed by atoms with Crippen LogP contribution in [0.5, 0.6) is 0 Å². The summed E-state index contributed by atoms with van der Waals surface area (Å²) in [6.07, 6.45) is 2.23. The van der Waals surface area contributed by atoms with Crippen molar-refractivity contribution in [1.82, 2.24) is 10.6 Å². The molecule has 128 valence electrons. The summed E-state index contributed by atoms with van der Waals surface area (Å²) in [5.74, 6) is 0.698. The quantitative estimate of drug-likeness (QED) is 0.820. The second-order valence-corrected chi connectivity index (χ2v) is 6.23. The van der Waals surface area contributed by atoms with Crippen molar-refractivity contribution in [2.24, 2.45) is 5.92 Å². The van der Waals surface area contributed by atoms with Gasteiger partial charge in [0, 0.05) is 19.0 Å². The van der Waals surface area contributed by atoms with E-state index in [-0.39, 0.29) is 11.8 Å². The minimum absolute atomic E-state index is 0.173. The summed E-state index contributed by atoms with van der Waals surface area (Å²) in [5.41, 5.74) is 1.91. The molecule has 24 heavy (non-hydrogen) atoms. The molecule has 0 bridgehead atoms. The van der Waals surface area contributed by atoms with E-state index in [1.807, 2.05) is 50.2 Å². The molecule has 0 saturated heterocycles. The highest BCUT2D eigenvalue weighted by molar-refractivity contribution is 5.86. The lowest BCUT2D eigenvalue weighted by atomic mass is 10.0. The van der Waals surface area contributed by atoms with E-state index in [1.165, 1.54) is 6.92 Å². The molecule has 0 aliphatic rings. The molecule has 0 radical (unpaired) electrons. The van der Waals surface area contributed by atoms with Gasteiger partial charge < -0.3 is 15.1 Å². The zero-order valence-electron chi connectivity index (χ0n) is 14.3. The van der Waals surface area contributed by atoms with Crippen LogP contribution in [0.25, 0.3) is 11.3 Å². The van der Waals surface area contributed by atoms with Gasteiger partial charge in [0.25, 0.3) is 0 Å². The molecular weight excluding hydrogens is 304 g/mol. The minimum atomic E-state index is -0.515. The Morgan fingerprint density at radius 3 is 2.50 bits per heavy atom. The van der Waals surface area contributed by atoms with Crippen molar-refractivity contribution >= 4 is 11.8 Å². The van der Waals surface area contributed by atoms with Crippen LogP contribution in [-0.4, -0.2) is 17.9 Å². The Morgan fingerprint density at radius 1 is 1.12 bits per heavy atom. The first-order chi connectivity index (χ1) is 11.5. The molecule has 5 nitrogen and oxygen atoms in total. The molecule has 2 N–H and O–H groups in total. The standard InChI is InChI=1S/C19H24N2O3/c1-13(2)11-17(21-14(3)22)19(23)20-12-15-7-4-5-8-16(15)18-9-6-10-24-18/h4-10,13,17H,11-12H2,1-3H3,(H,20,23)(H,21,22)/t17-/m1/s1. The van der Waals surface area contributed by atoms with E-state index in [0.717, 1.165) is 16.9 Å². The second-order valence-electron chi connectivity index (χ2n) is 6.23. The van der Waals surface area contributed by atoms with E-state index in [0.29, 0.717) is 18.9 Å². The van der Waals surface area contributed by atoms with Crippen LogP contribution in [0.2, 0.25) is 0 Å². The first-order valence-corrected chi connectivity index (χ1v) is 8.14. The van der Waals surface area contributed by atoms with E-state index in [9.17, 15) is 9.59 Å². The molecule has 0 fully saturated rings. The maximum Gasteiger partial charge on any atom is 0.242 e. The van der Waals surface area contributed by atoms with Crippen LogP contribution in [0.4, 0.5) is 0 Å². The Morgan fingerprint density at radius 2 is 1.88 bits per heavy atom. The number of rotatable bonds is 7. The number of carbonyl (C=O) groups is 2. The third kappa shape index (κ3) is 4.98. The highest BCUT2D eigenvalue weighted by Crippen LogP contribution is 2.23. The van der Waals surface area contributed by atoms with Gasteiger partial charge in [-0.25, -0.2) is 0 Å². The summed E-state index contributed by atoms with van der Waals surface area (Å²) in [7, 11) is 0. The Bertz CT molecular complexity index is 678. The van der Waals surface area contributed by atoms with Crippen LogP contribution >= 0.6 is 0 Å². The van der Waals surface area contributed by atoms with Crippen molar-refractivity contribution in [2.45, 2.75) is 39.8 Å². The maximum atomic E-state index is 12.4. The van der Waals surface area contributed by atoms with Gasteiger partial charge in [0.1, 0.15) is 11.8 Å². The summed E-state index contributed by atoms with van der Waals surface area (Å²) >= 11 is 0. The number of benzene rings is 1. The zero-order chi connectivity index (χ0) is 17.5. The molecule has 2 amide bonds. The number of hydrogen-bond acceptors (Lipinski definition) is 3. The lowest BCUT2D eigenvalue weighted by molar-refractivity contribution is -0.128. The van der Waals surface area contributed by atoms with Gasteiger partial charge in [-0.15, -0.1) is 0 Å². The highest BCUT2D eigenvalue weighted by Gasteiger charge is 2.20. The van der Waals surface area contributed by atoms with E-state index in [2.05, 4.69) is 10.6 Å². The first kappa shape index (κ1) is 17.8. The molecule has 0 aliphatic carbocycles. The Hall–Kier alpha value is -2.56. The fourth-order valence-corrected chi connectivity index (χ4v) is 2.60. The second kappa shape index (κ2) is 8.34. The summed E-state index contributed by atoms with van der Waals surface area (Å²) < 4.78 is 5.45. The van der Waals surface area contributed by atoms with Gasteiger partial charge in [-0.2, -0.15) is 0 Å². The van der Waals surface area contributed by atoms with Crippen molar-refractivity contribution in [1.29, 1.82) is 0 Å². The maximum absolute atomic E-state index is 12.4. The van der Waals surface area contributed by atoms with Gasteiger partial charge in [-0.05, 0) is 30.0 Å². The predicted molar refractivity (Wildman–Crippen MR) is 93.1 cm³/mol. The van der Waals surface area contributed by atoms with Crippen LogP contribution in [0.3, 0.4) is 0 Å². The van der Waals surface area contributed by atoms with Crippen molar-refractivity contribution in [3.05, 3.63) is 48.2 Å². The van der Waals surface area contributed by atoms with E-state index >= 15 is 0 Å². The molecule has 1 aromatic carbocycles. The number of amides is 2. The zero-order valence-corrected chi connectivity index (χ0v) is 14.3. The molecule has 2 rings (SSSR count). The Balaban J connectivity index is 2.06. The van der Waals surface area contributed by atoms with Gasteiger partial charge in [0.2, 0.25) is 11.8 Å². The number of carbonyl (C=O) groups excluding carboxylic acids is 2. The average molecular weight is 328 g/mol.